The second kappa shape index (κ2) is 10.7. The summed E-state index contributed by atoms with van der Waals surface area (Å²) < 4.78 is 38.9. The summed E-state index contributed by atoms with van der Waals surface area (Å²) >= 11 is 6.04. The quantitative estimate of drug-likeness (QED) is 0.466. The van der Waals surface area contributed by atoms with Gasteiger partial charge >= 0.3 is 0 Å². The smallest absolute Gasteiger partial charge is 0.255 e. The van der Waals surface area contributed by atoms with Crippen LogP contribution in [0.3, 0.4) is 0 Å². The summed E-state index contributed by atoms with van der Waals surface area (Å²) in [5, 5.41) is 3.14. The lowest BCUT2D eigenvalue weighted by molar-refractivity contribution is 0.102. The number of carbonyl (C=O) groups excluding carboxylic acids is 1. The Labute approximate surface area is 198 Å². The average Bonchev–Trinajstić information content (AvgIpc) is 2.82. The van der Waals surface area contributed by atoms with Gasteiger partial charge in [0.2, 0.25) is 10.0 Å². The number of hydrogen-bond acceptors (Lipinski definition) is 5. The van der Waals surface area contributed by atoms with Crippen LogP contribution in [0.15, 0.2) is 71.6 Å². The fraction of sp³-hybridized carbons (Fsp3) is 0.208. The van der Waals surface area contributed by atoms with E-state index in [1.54, 1.807) is 25.1 Å². The van der Waals surface area contributed by atoms with Gasteiger partial charge in [-0.25, -0.2) is 8.42 Å². The van der Waals surface area contributed by atoms with Gasteiger partial charge in [-0.05, 0) is 42.0 Å². The van der Waals surface area contributed by atoms with Crippen LogP contribution in [0.25, 0.3) is 0 Å². The first-order valence-corrected chi connectivity index (χ1v) is 12.0. The molecule has 33 heavy (non-hydrogen) atoms. The number of rotatable bonds is 9. The topological polar surface area (TPSA) is 84.9 Å². The molecule has 1 amide bonds. The van der Waals surface area contributed by atoms with Crippen LogP contribution in [0.5, 0.6) is 11.5 Å². The minimum absolute atomic E-state index is 0.0894. The molecule has 0 aliphatic rings. The van der Waals surface area contributed by atoms with Gasteiger partial charge in [0.1, 0.15) is 16.4 Å². The molecule has 0 unspecified atom stereocenters. The molecule has 0 spiro atoms. The third-order valence-corrected chi connectivity index (χ3v) is 7.18. The average molecular weight is 489 g/mol. The molecule has 0 aromatic heterocycles. The number of anilines is 1. The highest BCUT2D eigenvalue weighted by molar-refractivity contribution is 7.89. The van der Waals surface area contributed by atoms with E-state index in [2.05, 4.69) is 5.32 Å². The molecular formula is C24H25ClN2O5S. The maximum Gasteiger partial charge on any atom is 0.255 e. The number of amides is 1. The second-order valence-corrected chi connectivity index (χ2v) is 9.42. The minimum Gasteiger partial charge on any atom is -0.495 e. The van der Waals surface area contributed by atoms with E-state index in [0.717, 1.165) is 5.56 Å². The molecule has 7 nitrogen and oxygen atoms in total. The Morgan fingerprint density at radius 3 is 2.27 bits per heavy atom. The van der Waals surface area contributed by atoms with Gasteiger partial charge in [0, 0.05) is 23.7 Å². The normalized spacial score (nSPS) is 11.3. The van der Waals surface area contributed by atoms with Gasteiger partial charge in [0.05, 0.1) is 19.9 Å². The zero-order chi connectivity index (χ0) is 24.0. The first-order chi connectivity index (χ1) is 15.8. The number of nitrogens with zero attached hydrogens (tertiary/aromatic N) is 1. The zero-order valence-corrected chi connectivity index (χ0v) is 20.1. The molecule has 0 aliphatic heterocycles. The standard InChI is InChI=1S/C24H25ClN2O5S/c1-4-27(16-17-8-6-5-7-9-17)33(29,30)23-14-18(10-12-22(23)32-3)24(28)26-20-15-19(25)11-13-21(20)31-2/h5-15H,4,16H2,1-3H3,(H,26,28). The Morgan fingerprint density at radius 1 is 0.970 bits per heavy atom. The van der Waals surface area contributed by atoms with Crippen molar-refractivity contribution < 1.29 is 22.7 Å². The third kappa shape index (κ3) is 5.65. The highest BCUT2D eigenvalue weighted by Crippen LogP contribution is 2.31. The summed E-state index contributed by atoms with van der Waals surface area (Å²) in [5.74, 6) is 0.0632. The summed E-state index contributed by atoms with van der Waals surface area (Å²) in [7, 11) is -1.10. The summed E-state index contributed by atoms with van der Waals surface area (Å²) in [6.07, 6.45) is 0. The van der Waals surface area contributed by atoms with Crippen molar-refractivity contribution in [3.05, 3.63) is 82.9 Å². The van der Waals surface area contributed by atoms with Crippen LogP contribution in [-0.4, -0.2) is 39.4 Å². The van der Waals surface area contributed by atoms with Crippen molar-refractivity contribution in [3.63, 3.8) is 0 Å². The third-order valence-electron chi connectivity index (χ3n) is 5.01. The van der Waals surface area contributed by atoms with Crippen molar-refractivity contribution in [2.75, 3.05) is 26.1 Å². The van der Waals surface area contributed by atoms with Gasteiger partial charge in [0.25, 0.3) is 5.91 Å². The predicted octanol–water partition coefficient (Wildman–Crippen LogP) is 4.82. The van der Waals surface area contributed by atoms with E-state index >= 15 is 0 Å². The van der Waals surface area contributed by atoms with Gasteiger partial charge in [-0.3, -0.25) is 4.79 Å². The lowest BCUT2D eigenvalue weighted by atomic mass is 10.2. The highest BCUT2D eigenvalue weighted by Gasteiger charge is 2.28. The van der Waals surface area contributed by atoms with Gasteiger partial charge < -0.3 is 14.8 Å². The fourth-order valence-electron chi connectivity index (χ4n) is 3.28. The second-order valence-electron chi connectivity index (χ2n) is 7.08. The Kier molecular flexibility index (Phi) is 7.97. The van der Waals surface area contributed by atoms with Crippen LogP contribution < -0.4 is 14.8 Å². The SMILES string of the molecule is CCN(Cc1ccccc1)S(=O)(=O)c1cc(C(=O)Nc2cc(Cl)ccc2OC)ccc1OC. The molecule has 1 N–H and O–H groups in total. The minimum atomic E-state index is -3.96. The van der Waals surface area contributed by atoms with E-state index in [-0.39, 0.29) is 29.3 Å². The van der Waals surface area contributed by atoms with Crippen molar-refractivity contribution >= 4 is 33.2 Å². The molecule has 3 aromatic carbocycles. The number of nitrogens with one attached hydrogen (secondary N) is 1. The number of benzene rings is 3. The first-order valence-electron chi connectivity index (χ1n) is 10.2. The summed E-state index contributed by atoms with van der Waals surface area (Å²) in [4.78, 5) is 12.9. The molecule has 3 aromatic rings. The molecule has 0 bridgehead atoms. The molecular weight excluding hydrogens is 464 g/mol. The van der Waals surface area contributed by atoms with Crippen LogP contribution in [0.2, 0.25) is 5.02 Å². The number of sulfonamides is 1. The Hall–Kier alpha value is -3.07. The van der Waals surface area contributed by atoms with E-state index in [0.29, 0.717) is 16.5 Å². The number of halogens is 1. The first kappa shape index (κ1) is 24.6. The predicted molar refractivity (Wildman–Crippen MR) is 129 cm³/mol. The van der Waals surface area contributed by atoms with Gasteiger partial charge in [-0.1, -0.05) is 48.9 Å². The van der Waals surface area contributed by atoms with Crippen LogP contribution >= 0.6 is 11.6 Å². The lowest BCUT2D eigenvalue weighted by Gasteiger charge is -2.22. The number of carbonyl (C=O) groups is 1. The molecule has 3 rings (SSSR count). The monoisotopic (exact) mass is 488 g/mol. The molecule has 0 atom stereocenters. The molecule has 174 valence electrons. The van der Waals surface area contributed by atoms with Gasteiger partial charge in [0.15, 0.2) is 0 Å². The van der Waals surface area contributed by atoms with E-state index in [4.69, 9.17) is 21.1 Å². The molecule has 9 heteroatoms. The van der Waals surface area contributed by atoms with Crippen molar-refractivity contribution in [1.29, 1.82) is 0 Å². The van der Waals surface area contributed by atoms with Crippen LogP contribution in [-0.2, 0) is 16.6 Å². The van der Waals surface area contributed by atoms with Crippen LogP contribution in [0.1, 0.15) is 22.8 Å². The molecule has 0 fully saturated rings. The largest absolute Gasteiger partial charge is 0.495 e. The number of hydrogen-bond donors (Lipinski definition) is 1. The zero-order valence-electron chi connectivity index (χ0n) is 18.5. The molecule has 0 heterocycles. The fourth-order valence-corrected chi connectivity index (χ4v) is 5.08. The Bertz CT molecular complexity index is 1230. The molecule has 0 saturated carbocycles. The van der Waals surface area contributed by atoms with Crippen molar-refractivity contribution in [2.24, 2.45) is 0 Å². The number of methoxy groups -OCH3 is 2. The Balaban J connectivity index is 1.96. The maximum atomic E-state index is 13.5. The van der Waals surface area contributed by atoms with Crippen molar-refractivity contribution in [1.82, 2.24) is 4.31 Å². The number of ether oxygens (including phenoxy) is 2. The van der Waals surface area contributed by atoms with E-state index in [1.807, 2.05) is 30.3 Å². The maximum absolute atomic E-state index is 13.5. The lowest BCUT2D eigenvalue weighted by Crippen LogP contribution is -2.31. The van der Waals surface area contributed by atoms with Crippen molar-refractivity contribution in [3.8, 4) is 11.5 Å². The summed E-state index contributed by atoms with van der Waals surface area (Å²) in [6.45, 7) is 2.20. The van der Waals surface area contributed by atoms with Crippen LogP contribution in [0.4, 0.5) is 5.69 Å². The summed E-state index contributed by atoms with van der Waals surface area (Å²) in [6, 6.07) is 18.4. The van der Waals surface area contributed by atoms with Crippen molar-refractivity contribution in [2.45, 2.75) is 18.4 Å². The molecule has 0 aliphatic carbocycles. The molecule has 0 saturated heterocycles. The van der Waals surface area contributed by atoms with E-state index in [1.165, 1.54) is 36.7 Å². The summed E-state index contributed by atoms with van der Waals surface area (Å²) in [5.41, 5.74) is 1.37. The highest BCUT2D eigenvalue weighted by atomic mass is 35.5. The molecule has 0 radical (unpaired) electrons. The van der Waals surface area contributed by atoms with Gasteiger partial charge in [-0.15, -0.1) is 0 Å². The van der Waals surface area contributed by atoms with Crippen LogP contribution in [0, 0.1) is 0 Å². The Morgan fingerprint density at radius 2 is 1.64 bits per heavy atom. The van der Waals surface area contributed by atoms with E-state index < -0.39 is 15.9 Å². The van der Waals surface area contributed by atoms with Gasteiger partial charge in [-0.2, -0.15) is 4.31 Å². The van der Waals surface area contributed by atoms with E-state index in [9.17, 15) is 13.2 Å².